The van der Waals surface area contributed by atoms with Crippen LogP contribution < -0.4 is 0 Å². The minimum Gasteiger partial charge on any atom is -0.462 e. The molecular formula is C91H178O17P2. The molecule has 0 aliphatic heterocycles. The first-order valence-electron chi connectivity index (χ1n) is 47.3. The van der Waals surface area contributed by atoms with Gasteiger partial charge in [0.15, 0.2) is 12.2 Å². The van der Waals surface area contributed by atoms with Crippen LogP contribution in [0.5, 0.6) is 0 Å². The van der Waals surface area contributed by atoms with E-state index < -0.39 is 97.5 Å². The lowest BCUT2D eigenvalue weighted by molar-refractivity contribution is -0.161. The van der Waals surface area contributed by atoms with Crippen LogP contribution in [0.15, 0.2) is 0 Å². The van der Waals surface area contributed by atoms with Gasteiger partial charge in [0.1, 0.15) is 19.3 Å². The fourth-order valence-corrected chi connectivity index (χ4v) is 16.0. The van der Waals surface area contributed by atoms with Crippen molar-refractivity contribution in [2.24, 2.45) is 0 Å². The molecule has 0 radical (unpaired) electrons. The maximum absolute atomic E-state index is 13.2. The summed E-state index contributed by atoms with van der Waals surface area (Å²) in [5.74, 6) is -2.09. The Morgan fingerprint density at radius 1 is 0.218 bits per heavy atom. The normalized spacial score (nSPS) is 13.6. The van der Waals surface area contributed by atoms with Crippen molar-refractivity contribution in [3.63, 3.8) is 0 Å². The third-order valence-corrected chi connectivity index (χ3v) is 23.5. The number of aliphatic hydroxyl groups is 1. The number of phosphoric acid groups is 2. The van der Waals surface area contributed by atoms with Gasteiger partial charge in [0.05, 0.1) is 26.4 Å². The third kappa shape index (κ3) is 84.0. The molecule has 0 aromatic rings. The molecule has 0 aliphatic carbocycles. The van der Waals surface area contributed by atoms with Gasteiger partial charge in [-0.05, 0) is 25.7 Å². The molecule has 0 fully saturated rings. The first-order chi connectivity index (χ1) is 53.7. The van der Waals surface area contributed by atoms with Gasteiger partial charge in [-0.2, -0.15) is 0 Å². The standard InChI is InChI=1S/C91H178O17P2/c1-5-9-13-17-21-25-29-33-36-38-40-42-44-46-49-52-56-60-64-68-72-76-89(94)102-82-87(108-91(96)78-74-70-66-62-58-54-50-47-45-43-41-39-37-34-30-26-22-18-14-10-6-2)84-106-110(99,100)104-80-85(92)79-103-109(97,98)105-83-86(81-101-88(93)75-71-67-63-59-55-51-32-28-24-20-16-12-8-4)107-90(95)77-73-69-65-61-57-53-48-35-31-27-23-19-15-11-7-3/h85-87,92H,5-84H2,1-4H3,(H,97,98)(H,99,100)/t85-,86+,87+/m0/s1. The molecule has 0 spiro atoms. The molecule has 0 saturated heterocycles. The molecule has 5 atom stereocenters. The lowest BCUT2D eigenvalue weighted by atomic mass is 10.0. The van der Waals surface area contributed by atoms with Crippen LogP contribution in [-0.4, -0.2) is 96.7 Å². The number of carbonyl (C=O) groups excluding carboxylic acids is 4. The zero-order valence-corrected chi connectivity index (χ0v) is 74.0. The second-order valence-corrected chi connectivity index (χ2v) is 35.6. The van der Waals surface area contributed by atoms with Crippen molar-refractivity contribution < 1.29 is 80.2 Å². The first kappa shape index (κ1) is 108. The summed E-state index contributed by atoms with van der Waals surface area (Å²) in [5, 5.41) is 10.7. The van der Waals surface area contributed by atoms with Gasteiger partial charge in [0.2, 0.25) is 0 Å². The fraction of sp³-hybridized carbons (Fsp3) is 0.956. The highest BCUT2D eigenvalue weighted by atomic mass is 31.2. The molecule has 3 N–H and O–H groups in total. The molecule has 0 aromatic carbocycles. The van der Waals surface area contributed by atoms with Crippen molar-refractivity contribution in [1.82, 2.24) is 0 Å². The van der Waals surface area contributed by atoms with E-state index in [0.717, 1.165) is 89.9 Å². The van der Waals surface area contributed by atoms with E-state index in [2.05, 4.69) is 27.7 Å². The van der Waals surface area contributed by atoms with Gasteiger partial charge in [-0.25, -0.2) is 9.13 Å². The van der Waals surface area contributed by atoms with Crippen LogP contribution >= 0.6 is 15.6 Å². The second-order valence-electron chi connectivity index (χ2n) is 32.7. The summed E-state index contributed by atoms with van der Waals surface area (Å²) in [4.78, 5) is 73.4. The summed E-state index contributed by atoms with van der Waals surface area (Å²) in [6.45, 7) is 5.09. The zero-order chi connectivity index (χ0) is 80.3. The van der Waals surface area contributed by atoms with Crippen molar-refractivity contribution >= 4 is 39.5 Å². The Morgan fingerprint density at radius 3 is 0.536 bits per heavy atom. The Bertz CT molecular complexity index is 2070. The maximum Gasteiger partial charge on any atom is 0.472 e. The van der Waals surface area contributed by atoms with Crippen molar-refractivity contribution in [1.29, 1.82) is 0 Å². The number of aliphatic hydroxyl groups excluding tert-OH is 1. The molecule has 0 aromatic heterocycles. The Kier molecular flexibility index (Phi) is 83.5. The Labute approximate surface area is 677 Å². The number of rotatable bonds is 92. The molecule has 654 valence electrons. The van der Waals surface area contributed by atoms with Gasteiger partial charge in [-0.15, -0.1) is 0 Å². The van der Waals surface area contributed by atoms with E-state index in [1.54, 1.807) is 0 Å². The van der Waals surface area contributed by atoms with E-state index >= 15 is 0 Å². The summed E-state index contributed by atoms with van der Waals surface area (Å²) < 4.78 is 69.1. The van der Waals surface area contributed by atoms with Gasteiger partial charge < -0.3 is 33.8 Å². The molecule has 19 heteroatoms. The molecule has 0 bridgehead atoms. The van der Waals surface area contributed by atoms with E-state index in [1.165, 1.54) is 334 Å². The van der Waals surface area contributed by atoms with Gasteiger partial charge in [0.25, 0.3) is 0 Å². The summed E-state index contributed by atoms with van der Waals surface area (Å²) in [6, 6.07) is 0. The SMILES string of the molecule is CCCCCCCCCCCCCCCCCCCCCCCC(=O)OC[C@H](COP(=O)(O)OC[C@@H](O)COP(=O)(O)OC[C@@H](COC(=O)CCCCCCCCCCCCCCC)OC(=O)CCCCCCCCCCCCCCCCC)OC(=O)CCCCCCCCCCCCCCCCCCCCCCC. The molecule has 0 aliphatic rings. The van der Waals surface area contributed by atoms with Crippen molar-refractivity contribution in [3.8, 4) is 0 Å². The number of hydrogen-bond donors (Lipinski definition) is 3. The van der Waals surface area contributed by atoms with Crippen molar-refractivity contribution in [2.45, 2.75) is 521 Å². The Balaban J connectivity index is 5.24. The molecule has 0 amide bonds. The van der Waals surface area contributed by atoms with Crippen molar-refractivity contribution in [3.05, 3.63) is 0 Å². The molecule has 2 unspecified atom stereocenters. The Hall–Kier alpha value is -1.94. The molecule has 17 nitrogen and oxygen atoms in total. The third-order valence-electron chi connectivity index (χ3n) is 21.6. The summed E-state index contributed by atoms with van der Waals surface area (Å²) in [6.07, 6.45) is 82.0. The summed E-state index contributed by atoms with van der Waals surface area (Å²) >= 11 is 0. The van der Waals surface area contributed by atoms with E-state index in [1.807, 2.05) is 0 Å². The molecule has 110 heavy (non-hydrogen) atoms. The van der Waals surface area contributed by atoms with Crippen LogP contribution in [0.1, 0.15) is 503 Å². The second kappa shape index (κ2) is 85.0. The summed E-state index contributed by atoms with van der Waals surface area (Å²) in [7, 11) is -9.93. The molecular weight excluding hydrogens is 1430 g/mol. The lowest BCUT2D eigenvalue weighted by Gasteiger charge is -2.21. The quantitative estimate of drug-likeness (QED) is 0.0222. The van der Waals surface area contributed by atoms with E-state index in [0.29, 0.717) is 25.7 Å². The van der Waals surface area contributed by atoms with Crippen LogP contribution in [-0.2, 0) is 65.4 Å². The average molecular weight is 1610 g/mol. The topological polar surface area (TPSA) is 237 Å². The highest BCUT2D eigenvalue weighted by Crippen LogP contribution is 2.45. The number of ether oxygens (including phenoxy) is 4. The minimum absolute atomic E-state index is 0.109. The smallest absolute Gasteiger partial charge is 0.462 e. The largest absolute Gasteiger partial charge is 0.472 e. The van der Waals surface area contributed by atoms with E-state index in [-0.39, 0.29) is 25.7 Å². The Morgan fingerprint density at radius 2 is 0.364 bits per heavy atom. The summed E-state index contributed by atoms with van der Waals surface area (Å²) in [5.41, 5.74) is 0. The first-order valence-corrected chi connectivity index (χ1v) is 50.3. The number of phosphoric ester groups is 2. The van der Waals surface area contributed by atoms with E-state index in [9.17, 15) is 43.2 Å². The van der Waals surface area contributed by atoms with Crippen LogP contribution in [0.25, 0.3) is 0 Å². The van der Waals surface area contributed by atoms with Gasteiger partial charge in [0, 0.05) is 25.7 Å². The lowest BCUT2D eigenvalue weighted by Crippen LogP contribution is -2.30. The predicted octanol–water partition coefficient (Wildman–Crippen LogP) is 28.5. The number of esters is 4. The number of hydrogen-bond acceptors (Lipinski definition) is 15. The predicted molar refractivity (Wildman–Crippen MR) is 455 cm³/mol. The fourth-order valence-electron chi connectivity index (χ4n) is 14.4. The molecule has 0 rings (SSSR count). The molecule has 0 saturated carbocycles. The maximum atomic E-state index is 13.2. The number of carbonyl (C=O) groups is 4. The van der Waals surface area contributed by atoms with E-state index in [4.69, 9.17) is 37.0 Å². The van der Waals surface area contributed by atoms with Crippen LogP contribution in [0.3, 0.4) is 0 Å². The zero-order valence-electron chi connectivity index (χ0n) is 72.3. The van der Waals surface area contributed by atoms with Crippen LogP contribution in [0.2, 0.25) is 0 Å². The van der Waals surface area contributed by atoms with Crippen LogP contribution in [0.4, 0.5) is 0 Å². The number of unbranched alkanes of at least 4 members (excludes halogenated alkanes) is 66. The average Bonchev–Trinajstić information content (AvgIpc) is 0.904. The molecule has 0 heterocycles. The van der Waals surface area contributed by atoms with Gasteiger partial charge in [-0.3, -0.25) is 37.3 Å². The van der Waals surface area contributed by atoms with Crippen molar-refractivity contribution in [2.75, 3.05) is 39.6 Å². The van der Waals surface area contributed by atoms with Gasteiger partial charge >= 0.3 is 39.5 Å². The highest BCUT2D eigenvalue weighted by molar-refractivity contribution is 7.47. The monoisotopic (exact) mass is 1610 g/mol. The van der Waals surface area contributed by atoms with Gasteiger partial charge in [-0.1, -0.05) is 451 Å². The highest BCUT2D eigenvalue weighted by Gasteiger charge is 2.31. The minimum atomic E-state index is -4.97. The van der Waals surface area contributed by atoms with Crippen LogP contribution in [0, 0.1) is 0 Å².